The second kappa shape index (κ2) is 14.8. The molecule has 0 saturated carbocycles. The molecule has 0 aliphatic carbocycles. The molecule has 4 aromatic heterocycles. The van der Waals surface area contributed by atoms with E-state index in [9.17, 15) is 0 Å². The number of benzene rings is 9. The van der Waals surface area contributed by atoms with E-state index in [1.807, 2.05) is 60.7 Å². The minimum atomic E-state index is 0. The van der Waals surface area contributed by atoms with Gasteiger partial charge in [0.25, 0.3) is 0 Å². The summed E-state index contributed by atoms with van der Waals surface area (Å²) in [6, 6.07) is 77.5. The van der Waals surface area contributed by atoms with Crippen LogP contribution in [0.4, 0.5) is 0 Å². The Bertz CT molecular complexity index is 3750. The largest absolute Gasteiger partial charge is 0.309 e. The first kappa shape index (κ1) is 37.2. The zero-order valence-electron chi connectivity index (χ0n) is 34.0. The van der Waals surface area contributed by atoms with E-state index in [2.05, 4.69) is 171 Å². The fourth-order valence-electron chi connectivity index (χ4n) is 9.71. The summed E-state index contributed by atoms with van der Waals surface area (Å²) < 4.78 is 7.33. The molecule has 6 heteroatoms. The van der Waals surface area contributed by atoms with E-state index in [-0.39, 0.29) is 7.43 Å². The summed E-state index contributed by atoms with van der Waals surface area (Å²) in [7, 11) is 0. The van der Waals surface area contributed by atoms with E-state index < -0.39 is 0 Å². The van der Waals surface area contributed by atoms with Crippen molar-refractivity contribution in [2.45, 2.75) is 7.43 Å². The molecule has 0 fully saturated rings. The lowest BCUT2D eigenvalue weighted by Gasteiger charge is -2.18. The lowest BCUT2D eigenvalue weighted by Crippen LogP contribution is -2.04. The van der Waals surface area contributed by atoms with Gasteiger partial charge < -0.3 is 13.7 Å². The molecule has 0 aliphatic heterocycles. The summed E-state index contributed by atoms with van der Waals surface area (Å²) in [5.41, 5.74) is 12.8. The molecular weight excluding hydrogens is 781 g/mol. The molecule has 0 N–H and O–H groups in total. The summed E-state index contributed by atoms with van der Waals surface area (Å²) in [6.07, 6.45) is 0. The maximum atomic E-state index is 5.10. The van der Waals surface area contributed by atoms with E-state index in [4.69, 9.17) is 15.0 Å². The van der Waals surface area contributed by atoms with E-state index in [1.165, 1.54) is 38.0 Å². The Labute approximate surface area is 369 Å². The van der Waals surface area contributed by atoms with Crippen molar-refractivity contribution < 1.29 is 0 Å². The molecule has 13 rings (SSSR count). The average molecular weight is 821 g/mol. The minimum absolute atomic E-state index is 0. The fourth-order valence-corrected chi connectivity index (χ4v) is 9.71. The topological polar surface area (TPSA) is 53.5 Å². The highest BCUT2D eigenvalue weighted by Crippen LogP contribution is 2.42. The molecule has 0 amide bonds. The van der Waals surface area contributed by atoms with Gasteiger partial charge in [-0.25, -0.2) is 15.0 Å². The van der Waals surface area contributed by atoms with Gasteiger partial charge in [0.05, 0.1) is 44.5 Å². The summed E-state index contributed by atoms with van der Waals surface area (Å²) >= 11 is 0. The quantitative estimate of drug-likeness (QED) is 0.168. The third kappa shape index (κ3) is 5.70. The predicted octanol–water partition coefficient (Wildman–Crippen LogP) is 14.8. The number of fused-ring (bicyclic) bond motifs is 9. The molecule has 9 aromatic carbocycles. The highest BCUT2D eigenvalue weighted by Gasteiger charge is 2.23. The molecule has 0 atom stereocenters. The van der Waals surface area contributed by atoms with Crippen LogP contribution in [0.2, 0.25) is 0 Å². The van der Waals surface area contributed by atoms with Crippen LogP contribution in [0.25, 0.3) is 117 Å². The van der Waals surface area contributed by atoms with Crippen molar-refractivity contribution in [1.29, 1.82) is 0 Å². The van der Waals surface area contributed by atoms with Crippen molar-refractivity contribution in [2.24, 2.45) is 0 Å². The van der Waals surface area contributed by atoms with Crippen molar-refractivity contribution >= 4 is 65.4 Å². The number of hydrogen-bond donors (Lipinski definition) is 0. The molecular formula is C58H40N6. The molecule has 0 bridgehead atoms. The number of para-hydroxylation sites is 5. The van der Waals surface area contributed by atoms with Crippen LogP contribution in [0.1, 0.15) is 7.43 Å². The maximum absolute atomic E-state index is 5.10. The van der Waals surface area contributed by atoms with Gasteiger partial charge in [0, 0.05) is 54.7 Å². The Hall–Kier alpha value is -8.61. The standard InChI is InChI=1S/C57H36N6.CH4/c1-3-18-37(19-4-1)55-58-56(38-20-5-2-6-21-38)60-57(59-55)39-22-17-23-40(34-39)61-47-29-12-11-28-45(47)46-35-53(62-48-30-13-7-24-41(48)42-25-8-14-31-49(42)62)54(36-52(46)61)63-50-32-15-9-26-43(50)44-27-10-16-33-51(44)63;/h1-36H;1H4. The average Bonchev–Trinajstić information content (AvgIpc) is 3.99. The van der Waals surface area contributed by atoms with E-state index in [0.29, 0.717) is 17.5 Å². The van der Waals surface area contributed by atoms with Gasteiger partial charge >= 0.3 is 0 Å². The van der Waals surface area contributed by atoms with Crippen LogP contribution in [0, 0.1) is 0 Å². The van der Waals surface area contributed by atoms with Gasteiger partial charge in [0.2, 0.25) is 0 Å². The van der Waals surface area contributed by atoms with Crippen LogP contribution in [0.5, 0.6) is 0 Å². The summed E-state index contributed by atoms with van der Waals surface area (Å²) in [5, 5.41) is 7.23. The van der Waals surface area contributed by atoms with Crippen molar-refractivity contribution in [3.8, 4) is 51.2 Å². The lowest BCUT2D eigenvalue weighted by molar-refractivity contribution is 1.07. The number of rotatable bonds is 6. The smallest absolute Gasteiger partial charge is 0.164 e. The van der Waals surface area contributed by atoms with Gasteiger partial charge in [0.15, 0.2) is 17.5 Å². The Morgan fingerprint density at radius 3 is 1.05 bits per heavy atom. The summed E-state index contributed by atoms with van der Waals surface area (Å²) in [6.45, 7) is 0. The highest BCUT2D eigenvalue weighted by atomic mass is 15.1. The monoisotopic (exact) mass is 820 g/mol. The molecule has 13 aromatic rings. The van der Waals surface area contributed by atoms with E-state index in [0.717, 1.165) is 61.2 Å². The van der Waals surface area contributed by atoms with Crippen molar-refractivity contribution in [3.63, 3.8) is 0 Å². The number of hydrogen-bond acceptors (Lipinski definition) is 3. The zero-order valence-corrected chi connectivity index (χ0v) is 34.0. The maximum Gasteiger partial charge on any atom is 0.164 e. The second-order valence-corrected chi connectivity index (χ2v) is 16.0. The third-order valence-corrected chi connectivity index (χ3v) is 12.5. The van der Waals surface area contributed by atoms with Crippen LogP contribution in [-0.4, -0.2) is 28.7 Å². The predicted molar refractivity (Wildman–Crippen MR) is 266 cm³/mol. The van der Waals surface area contributed by atoms with Crippen molar-refractivity contribution in [1.82, 2.24) is 28.7 Å². The molecule has 0 spiro atoms. The molecule has 64 heavy (non-hydrogen) atoms. The van der Waals surface area contributed by atoms with E-state index in [1.54, 1.807) is 0 Å². The van der Waals surface area contributed by atoms with Crippen molar-refractivity contribution in [2.75, 3.05) is 0 Å². The van der Waals surface area contributed by atoms with Gasteiger partial charge in [-0.2, -0.15) is 0 Å². The zero-order chi connectivity index (χ0) is 41.4. The first-order chi connectivity index (χ1) is 31.3. The number of aromatic nitrogens is 6. The molecule has 0 radical (unpaired) electrons. The van der Waals surface area contributed by atoms with Crippen LogP contribution in [0.3, 0.4) is 0 Å². The Balaban J connectivity index is 0.00000433. The van der Waals surface area contributed by atoms with Gasteiger partial charge in [-0.3, -0.25) is 0 Å². The molecule has 0 aliphatic rings. The first-order valence-corrected chi connectivity index (χ1v) is 21.3. The van der Waals surface area contributed by atoms with Crippen LogP contribution in [0.15, 0.2) is 218 Å². The van der Waals surface area contributed by atoms with Gasteiger partial charge in [0.1, 0.15) is 0 Å². The molecule has 0 unspecified atom stereocenters. The van der Waals surface area contributed by atoms with Crippen LogP contribution >= 0.6 is 0 Å². The second-order valence-electron chi connectivity index (χ2n) is 16.0. The minimum Gasteiger partial charge on any atom is -0.309 e. The normalized spacial score (nSPS) is 11.6. The first-order valence-electron chi connectivity index (χ1n) is 21.3. The summed E-state index contributed by atoms with van der Waals surface area (Å²) in [4.78, 5) is 15.2. The fraction of sp³-hybridized carbons (Fsp3) is 0.0172. The van der Waals surface area contributed by atoms with Gasteiger partial charge in [-0.05, 0) is 54.6 Å². The molecule has 6 nitrogen and oxygen atoms in total. The van der Waals surface area contributed by atoms with Gasteiger partial charge in [-0.15, -0.1) is 0 Å². The van der Waals surface area contributed by atoms with Crippen LogP contribution in [-0.2, 0) is 0 Å². The molecule has 302 valence electrons. The summed E-state index contributed by atoms with van der Waals surface area (Å²) in [5.74, 6) is 1.88. The number of nitrogens with zero attached hydrogens (tertiary/aromatic N) is 6. The Morgan fingerprint density at radius 2 is 0.594 bits per heavy atom. The Morgan fingerprint density at radius 1 is 0.250 bits per heavy atom. The van der Waals surface area contributed by atoms with Crippen LogP contribution < -0.4 is 0 Å². The van der Waals surface area contributed by atoms with Gasteiger partial charge in [-0.1, -0.05) is 171 Å². The molecule has 4 heterocycles. The SMILES string of the molecule is C.c1ccc(-c2nc(-c3ccccc3)nc(-c3cccc(-n4c5ccccc5c5cc(-n6c7ccccc7c7ccccc76)c(-n6c7ccccc7c7ccccc76)cc54)c3)n2)cc1. The van der Waals surface area contributed by atoms with Crippen molar-refractivity contribution in [3.05, 3.63) is 218 Å². The van der Waals surface area contributed by atoms with E-state index >= 15 is 0 Å². The highest BCUT2D eigenvalue weighted by molar-refractivity contribution is 6.15. The lowest BCUT2D eigenvalue weighted by atomic mass is 10.1. The third-order valence-electron chi connectivity index (χ3n) is 12.5. The Kier molecular flexibility index (Phi) is 8.59. The molecule has 0 saturated heterocycles.